The highest BCUT2D eigenvalue weighted by Gasteiger charge is 2.15. The van der Waals surface area contributed by atoms with Crippen LogP contribution in [-0.2, 0) is 16.0 Å². The Hall–Kier alpha value is -3.03. The maximum absolute atomic E-state index is 12.3. The van der Waals surface area contributed by atoms with Gasteiger partial charge in [0, 0.05) is 42.2 Å². The summed E-state index contributed by atoms with van der Waals surface area (Å²) in [5.41, 5.74) is 1.06. The van der Waals surface area contributed by atoms with E-state index in [1.807, 2.05) is 0 Å². The molecule has 8 heteroatoms. The van der Waals surface area contributed by atoms with Crippen LogP contribution in [0, 0.1) is 12.8 Å². The second kappa shape index (κ2) is 8.18. The van der Waals surface area contributed by atoms with Crippen molar-refractivity contribution in [3.63, 3.8) is 0 Å². The Labute approximate surface area is 144 Å². The van der Waals surface area contributed by atoms with Crippen molar-refractivity contribution in [1.82, 2.24) is 20.3 Å². The zero-order chi connectivity index (χ0) is 18.4. The standard InChI is InChI=1S/C17H20N4O4/c1-10(6-15(23)24)8-19-14(22)7-13-11(2)20-16(21-17(13)25)12-4-3-5-18-9-12/h3-5,9-10H,6-8H2,1-2H3,(H,19,22)(H,23,24)(H,20,21,25). The SMILES string of the molecule is Cc1nc(-c2cccnc2)[nH]c(=O)c1CC(=O)NCC(C)CC(=O)O. The molecular formula is C17H20N4O4. The molecule has 0 aliphatic carbocycles. The van der Waals surface area contributed by atoms with Crippen LogP contribution >= 0.6 is 0 Å². The minimum Gasteiger partial charge on any atom is -0.481 e. The second-order valence-corrected chi connectivity index (χ2v) is 5.90. The zero-order valence-electron chi connectivity index (χ0n) is 14.1. The van der Waals surface area contributed by atoms with E-state index >= 15 is 0 Å². The summed E-state index contributed by atoms with van der Waals surface area (Å²) in [6.45, 7) is 3.64. The highest BCUT2D eigenvalue weighted by molar-refractivity contribution is 5.78. The predicted octanol–water partition coefficient (Wildman–Crippen LogP) is 0.910. The third kappa shape index (κ3) is 5.23. The molecule has 3 N–H and O–H groups in total. The summed E-state index contributed by atoms with van der Waals surface area (Å²) in [5, 5.41) is 11.4. The molecule has 0 radical (unpaired) electrons. The number of aryl methyl sites for hydroxylation is 1. The lowest BCUT2D eigenvalue weighted by Gasteiger charge is -2.11. The molecule has 2 heterocycles. The minimum absolute atomic E-state index is 0.0265. The van der Waals surface area contributed by atoms with Gasteiger partial charge in [-0.3, -0.25) is 19.4 Å². The molecule has 2 aromatic rings. The van der Waals surface area contributed by atoms with Gasteiger partial charge < -0.3 is 15.4 Å². The van der Waals surface area contributed by atoms with Crippen molar-refractivity contribution in [2.24, 2.45) is 5.92 Å². The van der Waals surface area contributed by atoms with Gasteiger partial charge in [-0.2, -0.15) is 0 Å². The van der Waals surface area contributed by atoms with Crippen molar-refractivity contribution < 1.29 is 14.7 Å². The van der Waals surface area contributed by atoms with Gasteiger partial charge in [0.15, 0.2) is 0 Å². The Morgan fingerprint density at radius 3 is 2.76 bits per heavy atom. The number of carbonyl (C=O) groups is 2. The largest absolute Gasteiger partial charge is 0.481 e. The fourth-order valence-electron chi connectivity index (χ4n) is 2.34. The van der Waals surface area contributed by atoms with Crippen molar-refractivity contribution in [2.45, 2.75) is 26.7 Å². The van der Waals surface area contributed by atoms with Crippen LogP contribution < -0.4 is 10.9 Å². The van der Waals surface area contributed by atoms with Crippen LogP contribution in [0.4, 0.5) is 0 Å². The fourth-order valence-corrected chi connectivity index (χ4v) is 2.34. The van der Waals surface area contributed by atoms with Gasteiger partial charge in [0.05, 0.1) is 6.42 Å². The summed E-state index contributed by atoms with van der Waals surface area (Å²) in [7, 11) is 0. The molecule has 0 bridgehead atoms. The number of carboxylic acids is 1. The van der Waals surface area contributed by atoms with Gasteiger partial charge in [-0.25, -0.2) is 4.98 Å². The molecule has 8 nitrogen and oxygen atoms in total. The quantitative estimate of drug-likeness (QED) is 0.685. The Kier molecular flexibility index (Phi) is 5.99. The number of hydrogen-bond acceptors (Lipinski definition) is 5. The van der Waals surface area contributed by atoms with E-state index in [0.717, 1.165) is 0 Å². The smallest absolute Gasteiger partial charge is 0.303 e. The highest BCUT2D eigenvalue weighted by Crippen LogP contribution is 2.12. The van der Waals surface area contributed by atoms with E-state index in [4.69, 9.17) is 5.11 Å². The Bertz CT molecular complexity index is 817. The maximum atomic E-state index is 12.3. The lowest BCUT2D eigenvalue weighted by molar-refractivity contribution is -0.138. The number of nitrogens with zero attached hydrogens (tertiary/aromatic N) is 2. The topological polar surface area (TPSA) is 125 Å². The summed E-state index contributed by atoms with van der Waals surface area (Å²) in [5.74, 6) is -1.05. The molecule has 1 unspecified atom stereocenters. The lowest BCUT2D eigenvalue weighted by atomic mass is 10.1. The lowest BCUT2D eigenvalue weighted by Crippen LogP contribution is -2.32. The Morgan fingerprint density at radius 2 is 2.16 bits per heavy atom. The van der Waals surface area contributed by atoms with Crippen LogP contribution in [0.2, 0.25) is 0 Å². The average Bonchev–Trinajstić information content (AvgIpc) is 2.56. The number of H-pyrrole nitrogens is 1. The first kappa shape index (κ1) is 18.3. The van der Waals surface area contributed by atoms with Gasteiger partial charge >= 0.3 is 5.97 Å². The monoisotopic (exact) mass is 344 g/mol. The summed E-state index contributed by atoms with van der Waals surface area (Å²) in [6, 6.07) is 3.52. The van der Waals surface area contributed by atoms with E-state index in [9.17, 15) is 14.4 Å². The molecule has 1 amide bonds. The first-order chi connectivity index (χ1) is 11.9. The van der Waals surface area contributed by atoms with Gasteiger partial charge in [-0.05, 0) is 25.0 Å². The van der Waals surface area contributed by atoms with Crippen molar-refractivity contribution in [3.8, 4) is 11.4 Å². The second-order valence-electron chi connectivity index (χ2n) is 5.90. The molecule has 0 saturated heterocycles. The number of aliphatic carboxylic acids is 1. The van der Waals surface area contributed by atoms with Crippen LogP contribution in [0.3, 0.4) is 0 Å². The number of hydrogen-bond donors (Lipinski definition) is 3. The first-order valence-corrected chi connectivity index (χ1v) is 7.85. The van der Waals surface area contributed by atoms with E-state index in [1.54, 1.807) is 38.4 Å². The molecule has 0 aromatic carbocycles. The van der Waals surface area contributed by atoms with Gasteiger partial charge in [0.25, 0.3) is 5.56 Å². The van der Waals surface area contributed by atoms with E-state index < -0.39 is 5.97 Å². The molecule has 0 aliphatic heterocycles. The highest BCUT2D eigenvalue weighted by atomic mass is 16.4. The van der Waals surface area contributed by atoms with Crippen molar-refractivity contribution >= 4 is 11.9 Å². The van der Waals surface area contributed by atoms with Crippen molar-refractivity contribution in [1.29, 1.82) is 0 Å². The van der Waals surface area contributed by atoms with Crippen LogP contribution in [0.15, 0.2) is 29.3 Å². The number of aromatic amines is 1. The van der Waals surface area contributed by atoms with Crippen LogP contribution in [-0.4, -0.2) is 38.5 Å². The van der Waals surface area contributed by atoms with Crippen molar-refractivity contribution in [2.75, 3.05) is 6.54 Å². The van der Waals surface area contributed by atoms with E-state index in [-0.39, 0.29) is 42.3 Å². The number of pyridine rings is 1. The summed E-state index contributed by atoms with van der Waals surface area (Å²) in [6.07, 6.45) is 3.08. The number of rotatable bonds is 7. The Balaban J connectivity index is 2.06. The van der Waals surface area contributed by atoms with Crippen LogP contribution in [0.5, 0.6) is 0 Å². The molecule has 1 atom stereocenters. The number of carbonyl (C=O) groups excluding carboxylic acids is 1. The van der Waals surface area contributed by atoms with E-state index in [0.29, 0.717) is 17.1 Å². The minimum atomic E-state index is -0.913. The molecule has 132 valence electrons. The molecule has 0 saturated carbocycles. The normalized spacial score (nSPS) is 11.8. The molecular weight excluding hydrogens is 324 g/mol. The first-order valence-electron chi connectivity index (χ1n) is 7.85. The summed E-state index contributed by atoms with van der Waals surface area (Å²) < 4.78 is 0. The van der Waals surface area contributed by atoms with Crippen molar-refractivity contribution in [3.05, 3.63) is 46.1 Å². The molecule has 0 fully saturated rings. The predicted molar refractivity (Wildman–Crippen MR) is 91.0 cm³/mol. The number of aromatic nitrogens is 3. The molecule has 25 heavy (non-hydrogen) atoms. The molecule has 2 aromatic heterocycles. The van der Waals surface area contributed by atoms with Gasteiger partial charge in [0.2, 0.25) is 5.91 Å². The van der Waals surface area contributed by atoms with Crippen LogP contribution in [0.1, 0.15) is 24.6 Å². The number of amides is 1. The summed E-state index contributed by atoms with van der Waals surface area (Å²) in [4.78, 5) is 45.9. The van der Waals surface area contributed by atoms with Crippen LogP contribution in [0.25, 0.3) is 11.4 Å². The third-order valence-corrected chi connectivity index (χ3v) is 3.67. The molecule has 2 rings (SSSR count). The number of carboxylic acid groups (broad SMARTS) is 1. The number of nitrogens with one attached hydrogen (secondary N) is 2. The maximum Gasteiger partial charge on any atom is 0.303 e. The van der Waals surface area contributed by atoms with E-state index in [2.05, 4.69) is 20.3 Å². The van der Waals surface area contributed by atoms with Gasteiger partial charge in [0.1, 0.15) is 5.82 Å². The third-order valence-electron chi connectivity index (χ3n) is 3.67. The molecule has 0 spiro atoms. The van der Waals surface area contributed by atoms with E-state index in [1.165, 1.54) is 0 Å². The summed E-state index contributed by atoms with van der Waals surface area (Å²) >= 11 is 0. The van der Waals surface area contributed by atoms with Gasteiger partial charge in [-0.15, -0.1) is 0 Å². The fraction of sp³-hybridized carbons (Fsp3) is 0.353. The molecule has 0 aliphatic rings. The zero-order valence-corrected chi connectivity index (χ0v) is 14.1. The van der Waals surface area contributed by atoms with Gasteiger partial charge in [-0.1, -0.05) is 6.92 Å². The Morgan fingerprint density at radius 1 is 1.40 bits per heavy atom. The average molecular weight is 344 g/mol.